The molecule has 1 saturated heterocycles. The van der Waals surface area contributed by atoms with Crippen molar-refractivity contribution in [3.8, 4) is 5.75 Å². The van der Waals surface area contributed by atoms with Gasteiger partial charge in [-0.3, -0.25) is 14.4 Å². The van der Waals surface area contributed by atoms with Crippen LogP contribution in [0.15, 0.2) is 35.1 Å². The molecule has 195 valence electrons. The molecule has 2 atom stereocenters. The molecule has 1 aliphatic heterocycles. The lowest BCUT2D eigenvalue weighted by atomic mass is 10.1. The molecule has 38 heavy (non-hydrogen) atoms. The second-order valence-corrected chi connectivity index (χ2v) is 9.97. The van der Waals surface area contributed by atoms with Crippen LogP contribution in [0.2, 0.25) is 10.0 Å². The number of rotatable bonds is 6. The number of hydrogen-bond acceptors (Lipinski definition) is 7. The number of ether oxygens (including phenoxy) is 2. The van der Waals surface area contributed by atoms with Gasteiger partial charge in [0.1, 0.15) is 11.6 Å². The Balaban J connectivity index is 1.55. The number of anilines is 2. The number of carbonyl (C=O) groups excluding carboxylic acids is 3. The van der Waals surface area contributed by atoms with Crippen LogP contribution in [-0.2, 0) is 14.3 Å². The zero-order valence-electron chi connectivity index (χ0n) is 20.6. The summed E-state index contributed by atoms with van der Waals surface area (Å²) in [5, 5.41) is 2.50. The number of cyclic esters (lactones) is 1. The molecule has 3 aromatic rings. The number of aromatic nitrogens is 2. The number of nitrogens with zero attached hydrogens (tertiary/aromatic N) is 2. The van der Waals surface area contributed by atoms with Crippen molar-refractivity contribution < 1.29 is 23.9 Å². The number of nitrogens with one attached hydrogen (secondary N) is 2. The number of hydrogen-bond donors (Lipinski definition) is 2. The van der Waals surface area contributed by atoms with Crippen LogP contribution in [0.4, 0.5) is 16.2 Å². The first-order valence-electron chi connectivity index (χ1n) is 11.2. The van der Waals surface area contributed by atoms with Gasteiger partial charge in [-0.05, 0) is 51.5 Å². The average Bonchev–Trinajstić information content (AvgIpc) is 3.10. The molecular formula is C25H21Cl2N4O6Si. The lowest BCUT2D eigenvalue weighted by Crippen LogP contribution is -2.34. The summed E-state index contributed by atoms with van der Waals surface area (Å²) < 4.78 is 10.9. The van der Waals surface area contributed by atoms with Gasteiger partial charge in [-0.1, -0.05) is 40.9 Å². The summed E-state index contributed by atoms with van der Waals surface area (Å²) >= 11 is 12.7. The Labute approximate surface area is 230 Å². The molecule has 13 heteroatoms. The lowest BCUT2D eigenvalue weighted by Gasteiger charge is -2.19. The van der Waals surface area contributed by atoms with Gasteiger partial charge in [-0.15, -0.1) is 0 Å². The van der Waals surface area contributed by atoms with Gasteiger partial charge in [0.05, 0.1) is 42.9 Å². The number of H-pyrrole nitrogens is 1. The molecule has 1 aromatic heterocycles. The largest absolute Gasteiger partial charge is 0.485 e. The van der Waals surface area contributed by atoms with E-state index in [-0.39, 0.29) is 32.7 Å². The second-order valence-electron chi connectivity index (χ2n) is 8.63. The molecule has 1 fully saturated rings. The van der Waals surface area contributed by atoms with Crippen molar-refractivity contribution in [1.29, 1.82) is 0 Å². The molecule has 2 aromatic carbocycles. The van der Waals surface area contributed by atoms with Crippen LogP contribution in [-0.4, -0.2) is 43.8 Å². The molecule has 3 amide bonds. The number of aryl methyl sites for hydroxylation is 4. The highest BCUT2D eigenvalue weighted by atomic mass is 35.5. The van der Waals surface area contributed by atoms with Crippen LogP contribution in [0.25, 0.3) is 0 Å². The first kappa shape index (κ1) is 27.4. The maximum absolute atomic E-state index is 13.1. The standard InChI is InChI=1S/C25H21Cl2N4O6Si/c1-10-5-6-18(11(2)7-10)36-24(38)22(33)30-16-8-15(27)17(9-14(16)26)31-23(34)20(37-25(31)35)19-12(3)28-13(4)29-21(19)32/h5-9,20,24H,1-4H3,(H,30,33)(H,28,29,32). The highest BCUT2D eigenvalue weighted by Crippen LogP contribution is 2.39. The predicted molar refractivity (Wildman–Crippen MR) is 142 cm³/mol. The fourth-order valence-corrected chi connectivity index (χ4v) is 4.62. The average molecular weight is 572 g/mol. The summed E-state index contributed by atoms with van der Waals surface area (Å²) in [4.78, 5) is 58.3. The van der Waals surface area contributed by atoms with Crippen molar-refractivity contribution in [2.24, 2.45) is 0 Å². The molecule has 2 N–H and O–H groups in total. The fourth-order valence-electron chi connectivity index (χ4n) is 3.97. The van der Waals surface area contributed by atoms with Gasteiger partial charge < -0.3 is 19.8 Å². The molecule has 1 aliphatic rings. The second kappa shape index (κ2) is 10.6. The van der Waals surface area contributed by atoms with Crippen LogP contribution in [0.1, 0.15) is 34.3 Å². The molecule has 4 rings (SSSR count). The third kappa shape index (κ3) is 5.31. The molecule has 2 unspecified atom stereocenters. The summed E-state index contributed by atoms with van der Waals surface area (Å²) in [6, 6.07) is 8.05. The van der Waals surface area contributed by atoms with Crippen molar-refractivity contribution in [3.63, 3.8) is 0 Å². The van der Waals surface area contributed by atoms with Crippen LogP contribution in [0.5, 0.6) is 5.75 Å². The van der Waals surface area contributed by atoms with Crippen molar-refractivity contribution >= 4 is 62.7 Å². The zero-order valence-corrected chi connectivity index (χ0v) is 23.2. The van der Waals surface area contributed by atoms with E-state index in [1.54, 1.807) is 13.0 Å². The Morgan fingerprint density at radius 2 is 1.84 bits per heavy atom. The highest BCUT2D eigenvalue weighted by molar-refractivity contribution is 6.39. The molecule has 0 bridgehead atoms. The van der Waals surface area contributed by atoms with E-state index in [2.05, 4.69) is 25.5 Å². The minimum atomic E-state index is -1.51. The van der Waals surface area contributed by atoms with Crippen LogP contribution in [0.3, 0.4) is 0 Å². The SMILES string of the molecule is Cc1ccc(OC([Si])C(=O)Nc2cc(Cl)c(N3C(=O)OC(c4c(C)nc(C)[nH]c4=O)C3=O)cc2Cl)c(C)c1. The summed E-state index contributed by atoms with van der Waals surface area (Å²) in [5.74, 6) is -0.553. The van der Waals surface area contributed by atoms with Gasteiger partial charge in [0, 0.05) is 0 Å². The van der Waals surface area contributed by atoms with E-state index in [1.165, 1.54) is 19.1 Å². The maximum atomic E-state index is 13.1. The summed E-state index contributed by atoms with van der Waals surface area (Å²) in [5.41, 5.74) is 0.431. The first-order chi connectivity index (χ1) is 17.9. The van der Waals surface area contributed by atoms with Crippen LogP contribution in [0, 0.1) is 27.7 Å². The third-order valence-electron chi connectivity index (χ3n) is 5.72. The number of aromatic amines is 1. The molecular weight excluding hydrogens is 551 g/mol. The van der Waals surface area contributed by atoms with E-state index < -0.39 is 35.3 Å². The Bertz CT molecular complexity index is 1540. The number of amides is 3. The summed E-state index contributed by atoms with van der Waals surface area (Å²) in [6.07, 6.45) is -2.55. The monoisotopic (exact) mass is 571 g/mol. The van der Waals surface area contributed by atoms with E-state index in [0.717, 1.165) is 11.1 Å². The number of carbonyl (C=O) groups is 3. The van der Waals surface area contributed by atoms with Crippen molar-refractivity contribution in [2.45, 2.75) is 39.5 Å². The quantitative estimate of drug-likeness (QED) is 0.427. The molecule has 0 aliphatic carbocycles. The molecule has 10 nitrogen and oxygen atoms in total. The number of halogens is 2. The fraction of sp³-hybridized carbons (Fsp3) is 0.240. The highest BCUT2D eigenvalue weighted by Gasteiger charge is 2.45. The first-order valence-corrected chi connectivity index (χ1v) is 12.6. The third-order valence-corrected chi connectivity index (χ3v) is 6.72. The van der Waals surface area contributed by atoms with E-state index in [0.29, 0.717) is 16.5 Å². The molecule has 3 radical (unpaired) electrons. The zero-order chi connectivity index (χ0) is 27.9. The summed E-state index contributed by atoms with van der Waals surface area (Å²) in [7, 11) is 3.26. The Hall–Kier alpha value is -3.67. The van der Waals surface area contributed by atoms with Crippen molar-refractivity contribution in [3.05, 3.63) is 78.9 Å². The topological polar surface area (TPSA) is 131 Å². The minimum absolute atomic E-state index is 0.0155. The molecule has 2 heterocycles. The van der Waals surface area contributed by atoms with Gasteiger partial charge in [0.25, 0.3) is 17.4 Å². The van der Waals surface area contributed by atoms with E-state index in [4.69, 9.17) is 32.7 Å². The normalized spacial score (nSPS) is 15.9. The minimum Gasteiger partial charge on any atom is -0.485 e. The van der Waals surface area contributed by atoms with Crippen LogP contribution >= 0.6 is 23.2 Å². The Morgan fingerprint density at radius 1 is 1.13 bits per heavy atom. The lowest BCUT2D eigenvalue weighted by molar-refractivity contribution is -0.122. The summed E-state index contributed by atoms with van der Waals surface area (Å²) in [6.45, 7) is 6.92. The van der Waals surface area contributed by atoms with Crippen molar-refractivity contribution in [2.75, 3.05) is 10.2 Å². The van der Waals surface area contributed by atoms with E-state index in [1.807, 2.05) is 26.0 Å². The van der Waals surface area contributed by atoms with E-state index >= 15 is 0 Å². The Kier molecular flexibility index (Phi) is 7.63. The van der Waals surface area contributed by atoms with Gasteiger partial charge in [-0.2, -0.15) is 0 Å². The smallest absolute Gasteiger partial charge is 0.422 e. The number of imide groups is 1. The van der Waals surface area contributed by atoms with Gasteiger partial charge in [-0.25, -0.2) is 14.7 Å². The number of benzene rings is 2. The predicted octanol–water partition coefficient (Wildman–Crippen LogP) is 4.05. The molecule has 0 saturated carbocycles. The molecule has 0 spiro atoms. The van der Waals surface area contributed by atoms with Gasteiger partial charge >= 0.3 is 6.09 Å². The maximum Gasteiger partial charge on any atom is 0.422 e. The Morgan fingerprint density at radius 3 is 2.50 bits per heavy atom. The van der Waals surface area contributed by atoms with Gasteiger partial charge in [0.2, 0.25) is 6.10 Å². The van der Waals surface area contributed by atoms with E-state index in [9.17, 15) is 19.2 Å². The van der Waals surface area contributed by atoms with Gasteiger partial charge in [0.15, 0.2) is 5.73 Å². The van der Waals surface area contributed by atoms with Crippen LogP contribution < -0.4 is 20.5 Å². The van der Waals surface area contributed by atoms with Crippen molar-refractivity contribution in [1.82, 2.24) is 9.97 Å².